The smallest absolute Gasteiger partial charge is 0.266 e. The van der Waals surface area contributed by atoms with Crippen LogP contribution >= 0.6 is 0 Å². The minimum Gasteiger partial charge on any atom is -0.266 e. The summed E-state index contributed by atoms with van der Waals surface area (Å²) in [5.74, 6) is -0.454. The van der Waals surface area contributed by atoms with Crippen LogP contribution in [-0.2, 0) is 4.79 Å². The van der Waals surface area contributed by atoms with Crippen molar-refractivity contribution in [2.24, 2.45) is 10.2 Å². The molecule has 3 heteroatoms. The van der Waals surface area contributed by atoms with Crippen LogP contribution < -0.4 is 0 Å². The van der Waals surface area contributed by atoms with Crippen LogP contribution in [0.25, 0.3) is 0 Å². The van der Waals surface area contributed by atoms with Crippen LogP contribution in [0.1, 0.15) is 0 Å². The fraction of sp³-hybridized carbons (Fsp3) is 0. The molecule has 0 aliphatic rings. The van der Waals surface area contributed by atoms with E-state index >= 15 is 0 Å². The van der Waals surface area contributed by atoms with Crippen molar-refractivity contribution in [3.05, 3.63) is 25.4 Å². The van der Waals surface area contributed by atoms with Gasteiger partial charge in [0.25, 0.3) is 5.91 Å². The summed E-state index contributed by atoms with van der Waals surface area (Å²) in [7, 11) is 0. The molecular formula is C5H6N2O. The van der Waals surface area contributed by atoms with Gasteiger partial charge >= 0.3 is 0 Å². The van der Waals surface area contributed by atoms with Crippen LogP contribution in [0.2, 0.25) is 0 Å². The number of carbonyl (C=O) groups is 1. The lowest BCUT2D eigenvalue weighted by atomic mass is 10.6. The maximum absolute atomic E-state index is 10.1. The second-order valence-electron chi connectivity index (χ2n) is 0.940. The van der Waals surface area contributed by atoms with Gasteiger partial charge in [-0.05, 0) is 6.08 Å². The summed E-state index contributed by atoms with van der Waals surface area (Å²) in [4.78, 5) is 10.1. The van der Waals surface area contributed by atoms with Crippen molar-refractivity contribution in [1.29, 1.82) is 0 Å². The van der Waals surface area contributed by atoms with E-state index in [0.29, 0.717) is 0 Å². The third-order valence-corrected chi connectivity index (χ3v) is 0.413. The molecule has 8 heavy (non-hydrogen) atoms. The Labute approximate surface area is 47.4 Å². The van der Waals surface area contributed by atoms with Gasteiger partial charge in [0.05, 0.1) is 0 Å². The molecule has 0 saturated carbocycles. The van der Waals surface area contributed by atoms with Crippen molar-refractivity contribution in [3.63, 3.8) is 0 Å². The lowest BCUT2D eigenvalue weighted by Crippen LogP contribution is -1.79. The lowest BCUT2D eigenvalue weighted by molar-refractivity contribution is -0.113. The number of carbonyl (C=O) groups excluding carboxylic acids is 1. The summed E-state index contributed by atoms with van der Waals surface area (Å²) < 4.78 is 0. The number of amides is 1. The number of hydrogen-bond donors (Lipinski definition) is 0. The Morgan fingerprint density at radius 1 is 1.50 bits per heavy atom. The van der Waals surface area contributed by atoms with Gasteiger partial charge in [0.1, 0.15) is 0 Å². The molecule has 0 aliphatic carbocycles. The molecule has 0 N–H and O–H groups in total. The van der Waals surface area contributed by atoms with Gasteiger partial charge in [-0.15, -0.1) is 5.11 Å². The van der Waals surface area contributed by atoms with Crippen LogP contribution in [0.5, 0.6) is 0 Å². The van der Waals surface area contributed by atoms with Gasteiger partial charge in [-0.3, -0.25) is 4.79 Å². The summed E-state index contributed by atoms with van der Waals surface area (Å²) >= 11 is 0. The third kappa shape index (κ3) is 2.96. The van der Waals surface area contributed by atoms with Gasteiger partial charge in [-0.2, -0.15) is 5.11 Å². The Bertz CT molecular complexity index is 137. The van der Waals surface area contributed by atoms with Gasteiger partial charge in [0.2, 0.25) is 0 Å². The zero-order valence-corrected chi connectivity index (χ0v) is 4.37. The molecule has 0 aromatic carbocycles. The topological polar surface area (TPSA) is 41.8 Å². The first-order chi connectivity index (χ1) is 3.81. The molecule has 0 fully saturated rings. The van der Waals surface area contributed by atoms with Crippen molar-refractivity contribution >= 4 is 5.91 Å². The van der Waals surface area contributed by atoms with Gasteiger partial charge < -0.3 is 0 Å². The van der Waals surface area contributed by atoms with E-state index in [1.165, 1.54) is 6.20 Å². The first-order valence-corrected chi connectivity index (χ1v) is 1.99. The summed E-state index contributed by atoms with van der Waals surface area (Å²) in [5.41, 5.74) is 0. The van der Waals surface area contributed by atoms with E-state index in [0.717, 1.165) is 6.08 Å². The molecule has 3 nitrogen and oxygen atoms in total. The Balaban J connectivity index is 3.69. The first-order valence-electron chi connectivity index (χ1n) is 1.99. The van der Waals surface area contributed by atoms with Crippen LogP contribution in [0.3, 0.4) is 0 Å². The zero-order valence-electron chi connectivity index (χ0n) is 4.37. The van der Waals surface area contributed by atoms with Gasteiger partial charge in [-0.25, -0.2) is 0 Å². The maximum atomic E-state index is 10.1. The van der Waals surface area contributed by atoms with E-state index in [-0.39, 0.29) is 0 Å². The Kier molecular flexibility index (Phi) is 3.31. The van der Waals surface area contributed by atoms with Crippen molar-refractivity contribution in [1.82, 2.24) is 0 Å². The molecule has 0 radical (unpaired) electrons. The number of nitrogens with zero attached hydrogens (tertiary/aromatic N) is 2. The van der Waals surface area contributed by atoms with Crippen LogP contribution in [0.4, 0.5) is 0 Å². The van der Waals surface area contributed by atoms with Gasteiger partial charge in [0.15, 0.2) is 0 Å². The predicted octanol–water partition coefficient (Wildman–Crippen LogP) is 1.29. The highest BCUT2D eigenvalue weighted by Gasteiger charge is 1.82. The average molecular weight is 110 g/mol. The molecule has 0 rings (SSSR count). The monoisotopic (exact) mass is 110 g/mol. The van der Waals surface area contributed by atoms with Gasteiger partial charge in [-0.1, -0.05) is 13.2 Å². The fourth-order valence-electron chi connectivity index (χ4n) is 0.139. The molecule has 0 aromatic rings. The Hall–Kier alpha value is -1.25. The Morgan fingerprint density at radius 3 is 2.50 bits per heavy atom. The van der Waals surface area contributed by atoms with Crippen LogP contribution in [0.15, 0.2) is 35.7 Å². The molecule has 42 valence electrons. The van der Waals surface area contributed by atoms with Crippen molar-refractivity contribution < 1.29 is 4.79 Å². The highest BCUT2D eigenvalue weighted by molar-refractivity contribution is 5.87. The molecule has 0 heterocycles. The second kappa shape index (κ2) is 3.92. The van der Waals surface area contributed by atoms with E-state index in [1.54, 1.807) is 0 Å². The van der Waals surface area contributed by atoms with Crippen molar-refractivity contribution in [2.75, 3.05) is 0 Å². The quantitative estimate of drug-likeness (QED) is 0.390. The van der Waals surface area contributed by atoms with Crippen molar-refractivity contribution in [3.8, 4) is 0 Å². The molecule has 0 aromatic heterocycles. The number of rotatable bonds is 2. The summed E-state index contributed by atoms with van der Waals surface area (Å²) in [6, 6.07) is 0. The number of hydrogen-bond acceptors (Lipinski definition) is 2. The molecule has 0 aliphatic heterocycles. The standard InChI is InChI=1S/C5H6N2O/c1-3-5(8)7-6-4-2/h3-4H,1-2H2. The van der Waals surface area contributed by atoms with Gasteiger partial charge in [0, 0.05) is 6.20 Å². The molecule has 0 spiro atoms. The van der Waals surface area contributed by atoms with Crippen molar-refractivity contribution in [2.45, 2.75) is 0 Å². The minimum absolute atomic E-state index is 0.454. The van der Waals surface area contributed by atoms with E-state index in [9.17, 15) is 4.79 Å². The summed E-state index contributed by atoms with van der Waals surface area (Å²) in [6.45, 7) is 6.40. The zero-order chi connectivity index (χ0) is 6.41. The molecule has 0 saturated heterocycles. The highest BCUT2D eigenvalue weighted by Crippen LogP contribution is 1.77. The summed E-state index contributed by atoms with van der Waals surface area (Å²) in [5, 5.41) is 6.32. The van der Waals surface area contributed by atoms with Crippen LogP contribution in [-0.4, -0.2) is 5.91 Å². The van der Waals surface area contributed by atoms with E-state index in [4.69, 9.17) is 0 Å². The molecule has 0 unspecified atom stereocenters. The largest absolute Gasteiger partial charge is 0.287 e. The molecule has 0 bridgehead atoms. The molecule has 1 amide bonds. The highest BCUT2D eigenvalue weighted by atomic mass is 16.1. The minimum atomic E-state index is -0.454. The fourth-order valence-corrected chi connectivity index (χ4v) is 0.139. The van der Waals surface area contributed by atoms with E-state index in [2.05, 4.69) is 23.4 Å². The van der Waals surface area contributed by atoms with Crippen LogP contribution in [0, 0.1) is 0 Å². The van der Waals surface area contributed by atoms with E-state index < -0.39 is 5.91 Å². The normalized spacial score (nSPS) is 9.00. The molecular weight excluding hydrogens is 104 g/mol. The Morgan fingerprint density at radius 2 is 2.12 bits per heavy atom. The number of azo groups is 1. The van der Waals surface area contributed by atoms with E-state index in [1.807, 2.05) is 0 Å². The summed E-state index contributed by atoms with van der Waals surface area (Å²) in [6.07, 6.45) is 2.26. The first kappa shape index (κ1) is 6.75. The lowest BCUT2D eigenvalue weighted by Gasteiger charge is -1.72. The SMILES string of the molecule is C=CN=NC(=O)C=C. The third-order valence-electron chi connectivity index (χ3n) is 0.413. The average Bonchev–Trinajstić information content (AvgIpc) is 1.83. The predicted molar refractivity (Wildman–Crippen MR) is 30.3 cm³/mol. The second-order valence-corrected chi connectivity index (χ2v) is 0.940. The molecule has 0 atom stereocenters. The maximum Gasteiger partial charge on any atom is 0.287 e.